The number of phenols is 1. The molecule has 1 saturated heterocycles. The van der Waals surface area contributed by atoms with Gasteiger partial charge in [-0.3, -0.25) is 19.1 Å². The molecule has 3 aromatic carbocycles. The van der Waals surface area contributed by atoms with Crippen molar-refractivity contribution in [1.82, 2.24) is 29.7 Å². The van der Waals surface area contributed by atoms with E-state index >= 15 is 0 Å². The maximum atomic E-state index is 12.6. The van der Waals surface area contributed by atoms with Crippen molar-refractivity contribution in [3.8, 4) is 34.1 Å². The second-order valence-electron chi connectivity index (χ2n) is 11.0. The van der Waals surface area contributed by atoms with Gasteiger partial charge in [-0.25, -0.2) is 15.0 Å². The number of fused-ring (bicyclic) bond motifs is 1. The van der Waals surface area contributed by atoms with Gasteiger partial charge in [-0.05, 0) is 60.2 Å². The Hall–Kier alpha value is -5.87. The quantitative estimate of drug-likeness (QED) is 0.178. The van der Waals surface area contributed by atoms with E-state index in [1.807, 2.05) is 73.0 Å². The topological polar surface area (TPSA) is 139 Å². The summed E-state index contributed by atoms with van der Waals surface area (Å²) in [5.41, 5.74) is 12.8. The van der Waals surface area contributed by atoms with Crippen LogP contribution in [-0.2, 0) is 6.54 Å². The van der Waals surface area contributed by atoms with Crippen LogP contribution in [0, 0.1) is 0 Å². The number of phenolic OH excluding ortho intramolecular Hbond substituents is 1. The van der Waals surface area contributed by atoms with Crippen LogP contribution in [0.15, 0.2) is 103 Å². The highest BCUT2D eigenvalue weighted by molar-refractivity contribution is 5.96. The van der Waals surface area contributed by atoms with Gasteiger partial charge in [0, 0.05) is 42.6 Å². The van der Waals surface area contributed by atoms with E-state index in [0.717, 1.165) is 45.8 Å². The van der Waals surface area contributed by atoms with Gasteiger partial charge >= 0.3 is 0 Å². The maximum Gasteiger partial charge on any atom is 0.251 e. The fourth-order valence-electron chi connectivity index (χ4n) is 5.62. The molecule has 6 aromatic rings. The highest BCUT2D eigenvalue weighted by atomic mass is 16.3. The fraction of sp³-hybridized carbons (Fsp3) is 0.162. The molecule has 1 aliphatic heterocycles. The number of hydrogen-bond acceptors (Lipinski definition) is 8. The number of benzene rings is 3. The van der Waals surface area contributed by atoms with Gasteiger partial charge in [0.15, 0.2) is 17.8 Å². The van der Waals surface area contributed by atoms with Crippen LogP contribution in [0.5, 0.6) is 5.75 Å². The summed E-state index contributed by atoms with van der Waals surface area (Å²) in [6, 6.07) is 30.3. The number of aromatic hydroxyl groups is 1. The van der Waals surface area contributed by atoms with E-state index in [1.54, 1.807) is 6.20 Å². The standard InChI is InChI=1S/C35H29N7O3.C2H6/c36-32-28(7-4-16-37-32)33-40-30-14-13-29(23-5-2-1-3-6-23)39-34(30)42(33)27-11-8-22(9-12-27)18-41-19-26(20-41)38-35(45)24-10-15-31(44)25(17-24)21-43;1-2/h1-17,21,26,44H,18-20H2,(H2,36,37)(H,38,45);1-2H3. The first-order chi connectivity index (χ1) is 23.0. The summed E-state index contributed by atoms with van der Waals surface area (Å²) < 4.78 is 2.02. The molecule has 10 nitrogen and oxygen atoms in total. The van der Waals surface area contributed by atoms with Gasteiger partial charge in [0.25, 0.3) is 5.91 Å². The third-order valence-electron chi connectivity index (χ3n) is 7.96. The lowest BCUT2D eigenvalue weighted by atomic mass is 10.1. The summed E-state index contributed by atoms with van der Waals surface area (Å²) in [7, 11) is 0. The van der Waals surface area contributed by atoms with Gasteiger partial charge in [0.1, 0.15) is 17.1 Å². The average Bonchev–Trinajstić information content (AvgIpc) is 3.47. The van der Waals surface area contributed by atoms with Gasteiger partial charge in [-0.15, -0.1) is 0 Å². The average molecular weight is 626 g/mol. The summed E-state index contributed by atoms with van der Waals surface area (Å²) in [5.74, 6) is 0.641. The van der Waals surface area contributed by atoms with Crippen LogP contribution in [0.2, 0.25) is 0 Å². The van der Waals surface area contributed by atoms with Gasteiger partial charge < -0.3 is 16.2 Å². The summed E-state index contributed by atoms with van der Waals surface area (Å²) in [4.78, 5) is 40.2. The first-order valence-electron chi connectivity index (χ1n) is 15.5. The Kier molecular flexibility index (Phi) is 9.03. The predicted octanol–water partition coefficient (Wildman–Crippen LogP) is 5.89. The van der Waals surface area contributed by atoms with E-state index in [0.29, 0.717) is 36.6 Å². The molecule has 47 heavy (non-hydrogen) atoms. The number of pyridine rings is 2. The smallest absolute Gasteiger partial charge is 0.251 e. The van der Waals surface area contributed by atoms with Gasteiger partial charge in [-0.1, -0.05) is 56.3 Å². The Morgan fingerprint density at radius 1 is 0.957 bits per heavy atom. The normalized spacial score (nSPS) is 13.0. The van der Waals surface area contributed by atoms with E-state index in [4.69, 9.17) is 15.7 Å². The van der Waals surface area contributed by atoms with Crippen LogP contribution in [0.1, 0.15) is 40.1 Å². The second-order valence-corrected chi connectivity index (χ2v) is 11.0. The van der Waals surface area contributed by atoms with Crippen molar-refractivity contribution >= 4 is 29.2 Å². The molecule has 4 N–H and O–H groups in total. The van der Waals surface area contributed by atoms with Crippen LogP contribution < -0.4 is 11.1 Å². The SMILES string of the molecule is CC.Nc1ncccc1-c1nc2ccc(-c3ccccc3)nc2n1-c1ccc(CN2CC(NC(=O)c3ccc(O)c(C=O)c3)C2)cc1. The number of rotatable bonds is 8. The minimum atomic E-state index is -0.270. The molecule has 0 saturated carbocycles. The molecule has 7 rings (SSSR count). The third kappa shape index (κ3) is 6.45. The molecule has 0 atom stereocenters. The number of nitrogens with two attached hydrogens (primary N) is 1. The molecule has 0 aliphatic carbocycles. The number of anilines is 1. The Balaban J connectivity index is 0.00000190. The van der Waals surface area contributed by atoms with E-state index in [9.17, 15) is 14.7 Å². The van der Waals surface area contributed by atoms with Crippen molar-refractivity contribution in [2.45, 2.75) is 26.4 Å². The zero-order valence-corrected chi connectivity index (χ0v) is 26.2. The Morgan fingerprint density at radius 3 is 2.45 bits per heavy atom. The first kappa shape index (κ1) is 31.1. The number of likely N-dealkylation sites (tertiary alicyclic amines) is 1. The highest BCUT2D eigenvalue weighted by Gasteiger charge is 2.28. The highest BCUT2D eigenvalue weighted by Crippen LogP contribution is 2.32. The van der Waals surface area contributed by atoms with E-state index in [2.05, 4.69) is 39.5 Å². The van der Waals surface area contributed by atoms with Crippen molar-refractivity contribution in [2.75, 3.05) is 18.8 Å². The zero-order valence-electron chi connectivity index (χ0n) is 26.2. The molecule has 1 fully saturated rings. The van der Waals surface area contributed by atoms with Crippen molar-refractivity contribution in [3.05, 3.63) is 120 Å². The molecule has 0 unspecified atom stereocenters. The number of nitrogens with one attached hydrogen (secondary N) is 1. The molecular weight excluding hydrogens is 590 g/mol. The first-order valence-corrected chi connectivity index (χ1v) is 15.5. The molecule has 236 valence electrons. The van der Waals surface area contributed by atoms with Crippen LogP contribution >= 0.6 is 0 Å². The fourth-order valence-corrected chi connectivity index (χ4v) is 5.62. The van der Waals surface area contributed by atoms with Crippen LogP contribution in [0.4, 0.5) is 5.82 Å². The van der Waals surface area contributed by atoms with Gasteiger partial charge in [-0.2, -0.15) is 0 Å². The number of hydrogen-bond donors (Lipinski definition) is 3. The van der Waals surface area contributed by atoms with E-state index < -0.39 is 0 Å². The molecule has 1 aliphatic rings. The molecule has 0 radical (unpaired) electrons. The summed E-state index contributed by atoms with van der Waals surface area (Å²) in [6.07, 6.45) is 2.19. The molecule has 0 spiro atoms. The Bertz CT molecular complexity index is 2040. The summed E-state index contributed by atoms with van der Waals surface area (Å²) in [5, 5.41) is 12.7. The molecule has 1 amide bonds. The van der Waals surface area contributed by atoms with Gasteiger partial charge in [0.05, 0.1) is 22.9 Å². The number of aldehydes is 1. The molecular formula is C37H35N7O3. The summed E-state index contributed by atoms with van der Waals surface area (Å²) in [6.45, 7) is 6.13. The lowest BCUT2D eigenvalue weighted by Gasteiger charge is -2.39. The monoisotopic (exact) mass is 625 g/mol. The van der Waals surface area contributed by atoms with E-state index in [-0.39, 0.29) is 23.3 Å². The molecule has 10 heteroatoms. The number of aromatic nitrogens is 4. The number of nitrogens with zero attached hydrogens (tertiary/aromatic N) is 5. The third-order valence-corrected chi connectivity index (χ3v) is 7.96. The number of imidazole rings is 1. The lowest BCUT2D eigenvalue weighted by Crippen LogP contribution is -2.58. The molecule has 0 bridgehead atoms. The van der Waals surface area contributed by atoms with Crippen LogP contribution in [-0.4, -0.2) is 60.9 Å². The number of carbonyl (C=O) groups excluding carboxylic acids is 2. The van der Waals surface area contributed by atoms with E-state index in [1.165, 1.54) is 18.2 Å². The Morgan fingerprint density at radius 2 is 1.72 bits per heavy atom. The molecule has 3 aromatic heterocycles. The van der Waals surface area contributed by atoms with Crippen LogP contribution in [0.25, 0.3) is 39.5 Å². The largest absolute Gasteiger partial charge is 0.507 e. The number of carbonyl (C=O) groups is 2. The maximum absolute atomic E-state index is 12.6. The second kappa shape index (κ2) is 13.6. The van der Waals surface area contributed by atoms with Gasteiger partial charge in [0.2, 0.25) is 0 Å². The summed E-state index contributed by atoms with van der Waals surface area (Å²) >= 11 is 0. The minimum Gasteiger partial charge on any atom is -0.507 e. The van der Waals surface area contributed by atoms with Crippen molar-refractivity contribution in [3.63, 3.8) is 0 Å². The Labute approximate surface area is 272 Å². The van der Waals surface area contributed by atoms with Crippen molar-refractivity contribution in [2.24, 2.45) is 0 Å². The van der Waals surface area contributed by atoms with Crippen molar-refractivity contribution < 1.29 is 14.7 Å². The minimum absolute atomic E-state index is 0.0000426. The number of amides is 1. The van der Waals surface area contributed by atoms with Crippen LogP contribution in [0.3, 0.4) is 0 Å². The predicted molar refractivity (Wildman–Crippen MR) is 183 cm³/mol. The number of nitrogen functional groups attached to an aromatic ring is 1. The zero-order chi connectivity index (χ0) is 32.9. The lowest BCUT2D eigenvalue weighted by molar-refractivity contribution is 0.0795. The van der Waals surface area contributed by atoms with Crippen molar-refractivity contribution in [1.29, 1.82) is 0 Å². The molecule has 4 heterocycles.